The Morgan fingerprint density at radius 3 is 2.52 bits per heavy atom. The van der Waals surface area contributed by atoms with E-state index in [0.717, 1.165) is 77.7 Å². The summed E-state index contributed by atoms with van der Waals surface area (Å²) in [5, 5.41) is 6.86. The van der Waals surface area contributed by atoms with Crippen molar-refractivity contribution >= 4 is 41.5 Å². The number of nitrogens with one attached hydrogen (secondary N) is 2. The zero-order valence-electron chi connectivity index (χ0n) is 19.1. The van der Waals surface area contributed by atoms with Crippen LogP contribution in [0.1, 0.15) is 33.1 Å². The summed E-state index contributed by atoms with van der Waals surface area (Å²) in [6, 6.07) is 11.0. The molecule has 7 nitrogen and oxygen atoms in total. The fourth-order valence-electron chi connectivity index (χ4n) is 4.20. The second kappa shape index (κ2) is 13.8. The summed E-state index contributed by atoms with van der Waals surface area (Å²) in [7, 11) is 0. The first-order valence-electron chi connectivity index (χ1n) is 11.5. The van der Waals surface area contributed by atoms with Crippen LogP contribution in [0.5, 0.6) is 0 Å². The van der Waals surface area contributed by atoms with Crippen molar-refractivity contribution in [2.45, 2.75) is 39.2 Å². The van der Waals surface area contributed by atoms with Crippen LogP contribution in [0.3, 0.4) is 0 Å². The molecule has 1 atom stereocenters. The second-order valence-corrected chi connectivity index (χ2v) is 8.10. The van der Waals surface area contributed by atoms with Crippen molar-refractivity contribution in [2.75, 3.05) is 63.8 Å². The van der Waals surface area contributed by atoms with Gasteiger partial charge >= 0.3 is 0 Å². The highest BCUT2D eigenvalue weighted by Crippen LogP contribution is 2.15. The number of hydrogen-bond donors (Lipinski definition) is 2. The molecular weight excluding hydrogens is 503 g/mol. The Labute approximate surface area is 204 Å². The number of aliphatic imine (C=N–C) groups is 1. The van der Waals surface area contributed by atoms with Gasteiger partial charge in [0.15, 0.2) is 5.96 Å². The molecule has 2 fully saturated rings. The number of amides is 1. The molecular formula is C23H39IN6O. The van der Waals surface area contributed by atoms with Gasteiger partial charge in [0.2, 0.25) is 5.91 Å². The van der Waals surface area contributed by atoms with Gasteiger partial charge in [0.25, 0.3) is 0 Å². The van der Waals surface area contributed by atoms with Crippen LogP contribution in [-0.4, -0.2) is 86.6 Å². The Morgan fingerprint density at radius 1 is 1.10 bits per heavy atom. The molecule has 2 N–H and O–H groups in total. The van der Waals surface area contributed by atoms with Gasteiger partial charge in [-0.1, -0.05) is 25.1 Å². The van der Waals surface area contributed by atoms with Crippen molar-refractivity contribution in [3.05, 3.63) is 30.3 Å². The van der Waals surface area contributed by atoms with Crippen molar-refractivity contribution in [3.8, 4) is 0 Å². The number of benzene rings is 1. The minimum absolute atomic E-state index is 0. The first-order valence-corrected chi connectivity index (χ1v) is 11.5. The summed E-state index contributed by atoms with van der Waals surface area (Å²) < 4.78 is 0. The second-order valence-electron chi connectivity index (χ2n) is 8.10. The normalized spacial score (nSPS) is 19.8. The fraction of sp³-hybridized carbons (Fsp3) is 0.652. The highest BCUT2D eigenvalue weighted by atomic mass is 127. The molecule has 2 aliphatic heterocycles. The molecule has 0 aromatic heterocycles. The minimum atomic E-state index is 0. The smallest absolute Gasteiger partial charge is 0.222 e. The van der Waals surface area contributed by atoms with Crippen LogP contribution in [-0.2, 0) is 4.79 Å². The molecule has 3 rings (SSSR count). The number of para-hydroxylation sites is 1. The molecule has 174 valence electrons. The van der Waals surface area contributed by atoms with E-state index in [9.17, 15) is 4.79 Å². The van der Waals surface area contributed by atoms with Gasteiger partial charge in [-0.2, -0.15) is 0 Å². The lowest BCUT2D eigenvalue weighted by molar-refractivity contribution is -0.129. The maximum Gasteiger partial charge on any atom is 0.222 e. The molecule has 0 spiro atoms. The first-order chi connectivity index (χ1) is 14.7. The van der Waals surface area contributed by atoms with Gasteiger partial charge in [0.05, 0.1) is 0 Å². The molecule has 1 aromatic rings. The van der Waals surface area contributed by atoms with E-state index in [2.05, 4.69) is 57.7 Å². The van der Waals surface area contributed by atoms with Gasteiger partial charge in [-0.25, -0.2) is 0 Å². The predicted molar refractivity (Wildman–Crippen MR) is 140 cm³/mol. The molecule has 2 aliphatic rings. The number of anilines is 1. The standard InChI is InChI=1S/C23H38N6O.HI/c1-3-22(30)29-14-11-20(19-29)26-23(24-4-2)25-12-8-13-27-15-17-28(18-16-27)21-9-6-5-7-10-21;/h5-7,9-10,20H,3-4,8,11-19H2,1-2H3,(H2,24,25,26);1H. The topological polar surface area (TPSA) is 63.2 Å². The number of likely N-dealkylation sites (tertiary alicyclic amines) is 1. The van der Waals surface area contributed by atoms with Gasteiger partial charge in [0, 0.05) is 77.1 Å². The molecule has 1 amide bonds. The fourth-order valence-corrected chi connectivity index (χ4v) is 4.20. The van der Waals surface area contributed by atoms with Crippen molar-refractivity contribution in [1.82, 2.24) is 20.4 Å². The Bertz CT molecular complexity index is 678. The number of halogens is 1. The van der Waals surface area contributed by atoms with Crippen molar-refractivity contribution < 1.29 is 4.79 Å². The van der Waals surface area contributed by atoms with E-state index in [0.29, 0.717) is 12.5 Å². The average Bonchev–Trinajstić information content (AvgIpc) is 3.26. The number of carbonyl (C=O) groups excluding carboxylic acids is 1. The van der Waals surface area contributed by atoms with Crippen LogP contribution in [0.4, 0.5) is 5.69 Å². The highest BCUT2D eigenvalue weighted by molar-refractivity contribution is 14.0. The van der Waals surface area contributed by atoms with Gasteiger partial charge in [-0.3, -0.25) is 14.7 Å². The zero-order valence-corrected chi connectivity index (χ0v) is 21.4. The molecule has 2 saturated heterocycles. The number of hydrogen-bond acceptors (Lipinski definition) is 4. The van der Waals surface area contributed by atoms with E-state index in [4.69, 9.17) is 4.99 Å². The van der Waals surface area contributed by atoms with E-state index in [1.165, 1.54) is 5.69 Å². The summed E-state index contributed by atoms with van der Waals surface area (Å²) in [5.41, 5.74) is 1.33. The van der Waals surface area contributed by atoms with Crippen molar-refractivity contribution in [1.29, 1.82) is 0 Å². The maximum absolute atomic E-state index is 11.9. The Kier molecular flexibility index (Phi) is 11.4. The molecule has 8 heteroatoms. The van der Waals surface area contributed by atoms with Crippen LogP contribution >= 0.6 is 24.0 Å². The summed E-state index contributed by atoms with van der Waals surface area (Å²) in [6.07, 6.45) is 2.63. The summed E-state index contributed by atoms with van der Waals surface area (Å²) >= 11 is 0. The van der Waals surface area contributed by atoms with Crippen LogP contribution in [0.15, 0.2) is 35.3 Å². The largest absolute Gasteiger partial charge is 0.369 e. The number of rotatable bonds is 8. The quantitative estimate of drug-likeness (QED) is 0.229. The zero-order chi connectivity index (χ0) is 21.2. The summed E-state index contributed by atoms with van der Waals surface area (Å²) in [6.45, 7) is 12.8. The van der Waals surface area contributed by atoms with Gasteiger partial charge < -0.3 is 20.4 Å². The molecule has 0 saturated carbocycles. The first kappa shape index (κ1) is 25.7. The Balaban J connectivity index is 0.00000341. The van der Waals surface area contributed by atoms with Crippen LogP contribution in [0.2, 0.25) is 0 Å². The molecule has 0 aliphatic carbocycles. The minimum Gasteiger partial charge on any atom is -0.369 e. The number of piperazine rings is 1. The van der Waals surface area contributed by atoms with E-state index < -0.39 is 0 Å². The van der Waals surface area contributed by atoms with E-state index in [1.54, 1.807) is 0 Å². The third-order valence-electron chi connectivity index (χ3n) is 5.92. The van der Waals surface area contributed by atoms with E-state index in [1.807, 2.05) is 11.8 Å². The lowest BCUT2D eigenvalue weighted by Crippen LogP contribution is -2.47. The number of nitrogens with zero attached hydrogens (tertiary/aromatic N) is 4. The summed E-state index contributed by atoms with van der Waals surface area (Å²) in [5.74, 6) is 1.12. The molecule has 1 aromatic carbocycles. The monoisotopic (exact) mass is 542 g/mol. The molecule has 2 heterocycles. The predicted octanol–water partition coefficient (Wildman–Crippen LogP) is 2.38. The Hall–Kier alpha value is -1.55. The van der Waals surface area contributed by atoms with Crippen LogP contribution < -0.4 is 15.5 Å². The third-order valence-corrected chi connectivity index (χ3v) is 5.92. The van der Waals surface area contributed by atoms with Crippen LogP contribution in [0.25, 0.3) is 0 Å². The van der Waals surface area contributed by atoms with E-state index >= 15 is 0 Å². The lowest BCUT2D eigenvalue weighted by Gasteiger charge is -2.36. The van der Waals surface area contributed by atoms with Gasteiger partial charge in [0.1, 0.15) is 0 Å². The highest BCUT2D eigenvalue weighted by Gasteiger charge is 2.25. The van der Waals surface area contributed by atoms with E-state index in [-0.39, 0.29) is 29.9 Å². The lowest BCUT2D eigenvalue weighted by atomic mass is 10.2. The van der Waals surface area contributed by atoms with Crippen molar-refractivity contribution in [2.24, 2.45) is 4.99 Å². The average molecular weight is 543 g/mol. The Morgan fingerprint density at radius 2 is 1.84 bits per heavy atom. The van der Waals surface area contributed by atoms with Crippen molar-refractivity contribution in [3.63, 3.8) is 0 Å². The third kappa shape index (κ3) is 8.14. The molecule has 0 bridgehead atoms. The maximum atomic E-state index is 11.9. The number of guanidine groups is 1. The van der Waals surface area contributed by atoms with Gasteiger partial charge in [-0.15, -0.1) is 24.0 Å². The summed E-state index contributed by atoms with van der Waals surface area (Å²) in [4.78, 5) is 23.6. The molecule has 0 radical (unpaired) electrons. The van der Waals surface area contributed by atoms with Gasteiger partial charge in [-0.05, 0) is 31.9 Å². The molecule has 1 unspecified atom stereocenters. The molecule has 31 heavy (non-hydrogen) atoms. The SMILES string of the molecule is CCNC(=NCCCN1CCN(c2ccccc2)CC1)NC1CCN(C(=O)CC)C1.I. The van der Waals surface area contributed by atoms with Crippen LogP contribution in [0, 0.1) is 0 Å². The number of carbonyl (C=O) groups is 1.